The Kier molecular flexibility index (Phi) is 5.79. The van der Waals surface area contributed by atoms with Gasteiger partial charge in [0.15, 0.2) is 5.82 Å². The molecule has 1 unspecified atom stereocenters. The molecule has 0 aliphatic heterocycles. The van der Waals surface area contributed by atoms with E-state index in [1.165, 1.54) is 4.68 Å². The minimum Gasteiger partial charge on any atom is -0.337 e. The lowest BCUT2D eigenvalue weighted by atomic mass is 10.0. The molecular weight excluding hydrogens is 427 g/mol. The van der Waals surface area contributed by atoms with Gasteiger partial charge in [0, 0.05) is 12.3 Å². The molecule has 1 fully saturated rings. The van der Waals surface area contributed by atoms with Gasteiger partial charge in [0.1, 0.15) is 17.6 Å². The zero-order chi connectivity index (χ0) is 21.4. The third-order valence-electron chi connectivity index (χ3n) is 4.96. The van der Waals surface area contributed by atoms with Gasteiger partial charge < -0.3 is 9.84 Å². The average molecular weight is 449 g/mol. The van der Waals surface area contributed by atoms with E-state index in [-0.39, 0.29) is 11.7 Å². The number of aromatic nitrogens is 5. The zero-order valence-electron chi connectivity index (χ0n) is 16.9. The molecule has 1 N–H and O–H groups in total. The molecular formula is C20H22Cl2N6O2. The van der Waals surface area contributed by atoms with Crippen LogP contribution in [0.3, 0.4) is 0 Å². The number of rotatable bonds is 7. The Balaban J connectivity index is 1.61. The highest BCUT2D eigenvalue weighted by atomic mass is 35.5. The number of benzene rings is 1. The van der Waals surface area contributed by atoms with Gasteiger partial charge >= 0.3 is 0 Å². The van der Waals surface area contributed by atoms with Gasteiger partial charge in [0.2, 0.25) is 11.7 Å². The van der Waals surface area contributed by atoms with Crippen molar-refractivity contribution in [2.75, 3.05) is 0 Å². The van der Waals surface area contributed by atoms with E-state index in [9.17, 15) is 4.79 Å². The first-order valence-corrected chi connectivity index (χ1v) is 10.7. The van der Waals surface area contributed by atoms with E-state index in [0.29, 0.717) is 45.6 Å². The highest BCUT2D eigenvalue weighted by Gasteiger charge is 2.32. The van der Waals surface area contributed by atoms with Crippen LogP contribution in [-0.2, 0) is 6.42 Å². The Bertz CT molecular complexity index is 1050. The first kappa shape index (κ1) is 20.8. The van der Waals surface area contributed by atoms with Crippen molar-refractivity contribution in [3.05, 3.63) is 51.6 Å². The van der Waals surface area contributed by atoms with Crippen LogP contribution in [0.15, 0.2) is 22.7 Å². The van der Waals surface area contributed by atoms with E-state index in [0.717, 1.165) is 12.8 Å². The minimum absolute atomic E-state index is 0.0235. The Morgan fingerprint density at radius 2 is 1.97 bits per heavy atom. The van der Waals surface area contributed by atoms with Crippen LogP contribution < -0.4 is 5.32 Å². The van der Waals surface area contributed by atoms with E-state index in [2.05, 4.69) is 25.5 Å². The number of para-hydroxylation sites is 1. The summed E-state index contributed by atoms with van der Waals surface area (Å²) in [4.78, 5) is 21.8. The van der Waals surface area contributed by atoms with Crippen molar-refractivity contribution in [3.8, 4) is 5.69 Å². The van der Waals surface area contributed by atoms with Crippen molar-refractivity contribution in [3.63, 3.8) is 0 Å². The number of hydrogen-bond donors (Lipinski definition) is 1. The largest absolute Gasteiger partial charge is 0.337 e. The molecule has 1 amide bonds. The van der Waals surface area contributed by atoms with Crippen molar-refractivity contribution in [1.29, 1.82) is 0 Å². The molecule has 2 heterocycles. The van der Waals surface area contributed by atoms with Crippen molar-refractivity contribution in [2.45, 2.75) is 52.0 Å². The lowest BCUT2D eigenvalue weighted by molar-refractivity contribution is 0.0903. The van der Waals surface area contributed by atoms with Gasteiger partial charge in [-0.2, -0.15) is 4.98 Å². The van der Waals surface area contributed by atoms with E-state index in [1.807, 2.05) is 20.8 Å². The molecule has 0 saturated heterocycles. The van der Waals surface area contributed by atoms with Crippen LogP contribution in [0.4, 0.5) is 0 Å². The smallest absolute Gasteiger partial charge is 0.291 e. The summed E-state index contributed by atoms with van der Waals surface area (Å²) in [7, 11) is 0. The summed E-state index contributed by atoms with van der Waals surface area (Å²) in [5, 5.41) is 12.2. The van der Waals surface area contributed by atoms with Gasteiger partial charge in [-0.1, -0.05) is 55.2 Å². The molecule has 8 nitrogen and oxygen atoms in total. The van der Waals surface area contributed by atoms with Crippen LogP contribution in [0, 0.1) is 5.92 Å². The molecule has 0 radical (unpaired) electrons. The van der Waals surface area contributed by atoms with Crippen LogP contribution in [0.1, 0.15) is 73.7 Å². The maximum atomic E-state index is 13.0. The molecule has 1 saturated carbocycles. The SMILES string of the molecule is CCc1nc(C(=O)NC(c2nc(C3CC3)no2)C(C)C)nn1-c1c(Cl)cccc1Cl. The lowest BCUT2D eigenvalue weighted by Crippen LogP contribution is -2.32. The predicted molar refractivity (Wildman–Crippen MR) is 112 cm³/mol. The van der Waals surface area contributed by atoms with Crippen LogP contribution >= 0.6 is 23.2 Å². The van der Waals surface area contributed by atoms with E-state index in [1.54, 1.807) is 18.2 Å². The summed E-state index contributed by atoms with van der Waals surface area (Å²) < 4.78 is 6.94. The summed E-state index contributed by atoms with van der Waals surface area (Å²) in [6, 6.07) is 4.73. The number of nitrogens with one attached hydrogen (secondary N) is 1. The highest BCUT2D eigenvalue weighted by molar-refractivity contribution is 6.37. The maximum Gasteiger partial charge on any atom is 0.291 e. The number of carbonyl (C=O) groups is 1. The molecule has 0 spiro atoms. The topological polar surface area (TPSA) is 98.7 Å². The minimum atomic E-state index is -0.446. The van der Waals surface area contributed by atoms with Crippen LogP contribution in [0.5, 0.6) is 0 Å². The summed E-state index contributed by atoms with van der Waals surface area (Å²) in [6.07, 6.45) is 2.69. The fraction of sp³-hybridized carbons (Fsp3) is 0.450. The molecule has 10 heteroatoms. The van der Waals surface area contributed by atoms with Gasteiger partial charge in [-0.15, -0.1) is 5.10 Å². The summed E-state index contributed by atoms with van der Waals surface area (Å²) in [6.45, 7) is 5.86. The third-order valence-corrected chi connectivity index (χ3v) is 5.57. The molecule has 1 aliphatic rings. The van der Waals surface area contributed by atoms with Crippen LogP contribution in [-0.4, -0.2) is 30.8 Å². The quantitative estimate of drug-likeness (QED) is 0.569. The van der Waals surface area contributed by atoms with Crippen molar-refractivity contribution in [1.82, 2.24) is 30.2 Å². The predicted octanol–water partition coefficient (Wildman–Crippen LogP) is 4.52. The second-order valence-corrected chi connectivity index (χ2v) is 8.46. The number of nitrogens with zero attached hydrogens (tertiary/aromatic N) is 5. The molecule has 1 aliphatic carbocycles. The van der Waals surface area contributed by atoms with Gasteiger partial charge in [-0.25, -0.2) is 9.67 Å². The third kappa shape index (κ3) is 4.06. The van der Waals surface area contributed by atoms with E-state index < -0.39 is 11.9 Å². The number of amides is 1. The number of halogens is 2. The van der Waals surface area contributed by atoms with Crippen LogP contribution in [0.2, 0.25) is 10.0 Å². The zero-order valence-corrected chi connectivity index (χ0v) is 18.4. The maximum absolute atomic E-state index is 13.0. The molecule has 3 aromatic rings. The fourth-order valence-electron chi connectivity index (χ4n) is 3.14. The lowest BCUT2D eigenvalue weighted by Gasteiger charge is -2.17. The summed E-state index contributed by atoms with van der Waals surface area (Å²) in [5.74, 6) is 1.67. The summed E-state index contributed by atoms with van der Waals surface area (Å²) in [5.41, 5.74) is 0.496. The Labute approximate surface area is 184 Å². The molecule has 158 valence electrons. The Hall–Kier alpha value is -2.45. The molecule has 2 aromatic heterocycles. The second-order valence-electron chi connectivity index (χ2n) is 7.65. The monoisotopic (exact) mass is 448 g/mol. The number of hydrogen-bond acceptors (Lipinski definition) is 6. The standard InChI is InChI=1S/C20H22Cl2N6O2/c1-4-14-23-18(26-28(14)16-12(21)6-5-7-13(16)22)19(29)24-15(10(2)3)20-25-17(27-30-20)11-8-9-11/h5-7,10-11,15H,4,8-9H2,1-3H3,(H,24,29). The summed E-state index contributed by atoms with van der Waals surface area (Å²) >= 11 is 12.6. The average Bonchev–Trinajstić information content (AvgIpc) is 3.29. The van der Waals surface area contributed by atoms with Crippen molar-refractivity contribution >= 4 is 29.1 Å². The Morgan fingerprint density at radius 3 is 2.57 bits per heavy atom. The molecule has 0 bridgehead atoms. The van der Waals surface area contributed by atoms with E-state index >= 15 is 0 Å². The van der Waals surface area contributed by atoms with Gasteiger partial charge in [-0.3, -0.25) is 4.79 Å². The number of carbonyl (C=O) groups excluding carboxylic acids is 1. The normalized spacial score (nSPS) is 14.9. The van der Waals surface area contributed by atoms with Crippen molar-refractivity contribution in [2.24, 2.45) is 5.92 Å². The van der Waals surface area contributed by atoms with E-state index in [4.69, 9.17) is 27.7 Å². The van der Waals surface area contributed by atoms with Gasteiger partial charge in [-0.05, 0) is 30.9 Å². The first-order valence-electron chi connectivity index (χ1n) is 9.93. The second kappa shape index (κ2) is 8.35. The Morgan fingerprint density at radius 1 is 1.27 bits per heavy atom. The first-order chi connectivity index (χ1) is 14.4. The fourth-order valence-corrected chi connectivity index (χ4v) is 3.70. The molecule has 1 atom stereocenters. The van der Waals surface area contributed by atoms with Gasteiger partial charge in [0.25, 0.3) is 5.91 Å². The van der Waals surface area contributed by atoms with Crippen LogP contribution in [0.25, 0.3) is 5.69 Å². The molecule has 30 heavy (non-hydrogen) atoms. The van der Waals surface area contributed by atoms with Gasteiger partial charge in [0.05, 0.1) is 10.0 Å². The molecule has 1 aromatic carbocycles. The molecule has 4 rings (SSSR count). The highest BCUT2D eigenvalue weighted by Crippen LogP contribution is 2.38. The number of aryl methyl sites for hydroxylation is 1. The van der Waals surface area contributed by atoms with Crippen molar-refractivity contribution < 1.29 is 9.32 Å².